The Labute approximate surface area is 136 Å². The van der Waals surface area contributed by atoms with Gasteiger partial charge in [-0.15, -0.1) is 0 Å². The molecule has 4 nitrogen and oxygen atoms in total. The fraction of sp³-hybridized carbons (Fsp3) is 0.263. The molecular formula is C19H20N2O2. The number of nitrogens with one attached hydrogen (secondary N) is 1. The number of ether oxygens (including phenoxy) is 1. The van der Waals surface area contributed by atoms with Gasteiger partial charge in [-0.2, -0.15) is 5.26 Å². The molecule has 0 bridgehead atoms. The predicted molar refractivity (Wildman–Crippen MR) is 90.0 cm³/mol. The van der Waals surface area contributed by atoms with Crippen molar-refractivity contribution in [3.8, 4) is 6.07 Å². The van der Waals surface area contributed by atoms with Crippen molar-refractivity contribution >= 4 is 11.8 Å². The van der Waals surface area contributed by atoms with E-state index in [1.54, 1.807) is 6.07 Å². The zero-order valence-corrected chi connectivity index (χ0v) is 13.2. The van der Waals surface area contributed by atoms with E-state index in [1.165, 1.54) is 0 Å². The first-order valence-corrected chi connectivity index (χ1v) is 7.73. The lowest BCUT2D eigenvalue weighted by atomic mass is 10.0. The smallest absolute Gasteiger partial charge is 0.411 e. The third-order valence-corrected chi connectivity index (χ3v) is 3.47. The van der Waals surface area contributed by atoms with E-state index in [-0.39, 0.29) is 6.61 Å². The van der Waals surface area contributed by atoms with Gasteiger partial charge in [0.25, 0.3) is 0 Å². The SMILES string of the molecule is CCCCc1ccc(NC(=O)OCc2ccccc2)c(C#N)c1. The van der Waals surface area contributed by atoms with Gasteiger partial charge in [-0.1, -0.05) is 49.7 Å². The molecule has 0 saturated heterocycles. The summed E-state index contributed by atoms with van der Waals surface area (Å²) in [6.45, 7) is 2.33. The monoisotopic (exact) mass is 308 g/mol. The Morgan fingerprint density at radius 2 is 1.96 bits per heavy atom. The number of nitriles is 1. The summed E-state index contributed by atoms with van der Waals surface area (Å²) in [4.78, 5) is 11.9. The normalized spacial score (nSPS) is 9.91. The topological polar surface area (TPSA) is 62.1 Å². The maximum atomic E-state index is 11.9. The Balaban J connectivity index is 1.96. The van der Waals surface area contributed by atoms with Crippen LogP contribution < -0.4 is 5.32 Å². The van der Waals surface area contributed by atoms with Crippen LogP contribution in [-0.2, 0) is 17.8 Å². The molecular weight excluding hydrogens is 288 g/mol. The molecule has 2 rings (SSSR count). The molecule has 118 valence electrons. The number of hydrogen-bond donors (Lipinski definition) is 1. The number of hydrogen-bond acceptors (Lipinski definition) is 3. The van der Waals surface area contributed by atoms with Crippen molar-refractivity contribution in [2.24, 2.45) is 0 Å². The van der Waals surface area contributed by atoms with Gasteiger partial charge < -0.3 is 4.74 Å². The molecule has 1 N–H and O–H groups in total. The van der Waals surface area contributed by atoms with Crippen molar-refractivity contribution in [3.05, 3.63) is 65.2 Å². The fourth-order valence-corrected chi connectivity index (χ4v) is 2.20. The highest BCUT2D eigenvalue weighted by molar-refractivity contribution is 5.86. The summed E-state index contributed by atoms with van der Waals surface area (Å²) in [7, 11) is 0. The van der Waals surface area contributed by atoms with Gasteiger partial charge in [-0.25, -0.2) is 4.79 Å². The van der Waals surface area contributed by atoms with Crippen LogP contribution in [0.15, 0.2) is 48.5 Å². The number of nitrogens with zero attached hydrogens (tertiary/aromatic N) is 1. The fourth-order valence-electron chi connectivity index (χ4n) is 2.20. The van der Waals surface area contributed by atoms with E-state index in [9.17, 15) is 10.1 Å². The summed E-state index contributed by atoms with van der Waals surface area (Å²) >= 11 is 0. The Morgan fingerprint density at radius 1 is 1.17 bits per heavy atom. The Morgan fingerprint density at radius 3 is 2.65 bits per heavy atom. The molecule has 4 heteroatoms. The Bertz CT molecular complexity index is 690. The van der Waals surface area contributed by atoms with Crippen molar-refractivity contribution in [2.75, 3.05) is 5.32 Å². The van der Waals surface area contributed by atoms with Gasteiger partial charge in [0.15, 0.2) is 0 Å². The summed E-state index contributed by atoms with van der Waals surface area (Å²) in [5.74, 6) is 0. The second kappa shape index (κ2) is 8.60. The minimum Gasteiger partial charge on any atom is -0.444 e. The van der Waals surface area contributed by atoms with Crippen molar-refractivity contribution in [1.82, 2.24) is 0 Å². The average Bonchev–Trinajstić information content (AvgIpc) is 2.60. The number of aryl methyl sites for hydroxylation is 1. The van der Waals surface area contributed by atoms with Gasteiger partial charge in [0.05, 0.1) is 11.3 Å². The van der Waals surface area contributed by atoms with E-state index in [2.05, 4.69) is 18.3 Å². The lowest BCUT2D eigenvalue weighted by molar-refractivity contribution is 0.155. The van der Waals surface area contributed by atoms with Crippen LogP contribution in [0.1, 0.15) is 36.5 Å². The quantitative estimate of drug-likeness (QED) is 0.845. The second-order valence-electron chi connectivity index (χ2n) is 5.28. The summed E-state index contributed by atoms with van der Waals surface area (Å²) in [6.07, 6.45) is 2.56. The van der Waals surface area contributed by atoms with Crippen LogP contribution >= 0.6 is 0 Å². The van der Waals surface area contributed by atoms with E-state index in [0.29, 0.717) is 11.3 Å². The molecule has 0 heterocycles. The highest BCUT2D eigenvalue weighted by Gasteiger charge is 2.09. The molecule has 0 aromatic heterocycles. The van der Waals surface area contributed by atoms with Crippen molar-refractivity contribution < 1.29 is 9.53 Å². The third kappa shape index (κ3) is 5.15. The minimum atomic E-state index is -0.563. The van der Waals surface area contributed by atoms with Gasteiger partial charge in [0.1, 0.15) is 12.7 Å². The van der Waals surface area contributed by atoms with Crippen LogP contribution in [0.5, 0.6) is 0 Å². The van der Waals surface area contributed by atoms with Crippen LogP contribution in [0.2, 0.25) is 0 Å². The lowest BCUT2D eigenvalue weighted by Gasteiger charge is -2.10. The summed E-state index contributed by atoms with van der Waals surface area (Å²) in [6, 6.07) is 17.1. The molecule has 1 amide bonds. The Kier molecular flexibility index (Phi) is 6.19. The van der Waals surface area contributed by atoms with E-state index >= 15 is 0 Å². The molecule has 0 aliphatic rings. The van der Waals surface area contributed by atoms with Crippen LogP contribution in [0.3, 0.4) is 0 Å². The number of carbonyl (C=O) groups is 1. The van der Waals surface area contributed by atoms with Crippen molar-refractivity contribution in [3.63, 3.8) is 0 Å². The predicted octanol–water partition coefficient (Wildman–Crippen LogP) is 4.65. The largest absolute Gasteiger partial charge is 0.444 e. The Hall–Kier alpha value is -2.80. The van der Waals surface area contributed by atoms with Gasteiger partial charge in [-0.3, -0.25) is 5.32 Å². The number of benzene rings is 2. The van der Waals surface area contributed by atoms with Crippen LogP contribution in [0.25, 0.3) is 0 Å². The molecule has 2 aromatic carbocycles. The van der Waals surface area contributed by atoms with E-state index < -0.39 is 6.09 Å². The van der Waals surface area contributed by atoms with Gasteiger partial charge in [0, 0.05) is 0 Å². The summed E-state index contributed by atoms with van der Waals surface area (Å²) in [5, 5.41) is 11.9. The van der Waals surface area contributed by atoms with Crippen molar-refractivity contribution in [1.29, 1.82) is 5.26 Å². The number of carbonyl (C=O) groups excluding carboxylic acids is 1. The maximum absolute atomic E-state index is 11.9. The first-order valence-electron chi connectivity index (χ1n) is 7.73. The van der Waals surface area contributed by atoms with Gasteiger partial charge >= 0.3 is 6.09 Å². The number of rotatable bonds is 6. The van der Waals surface area contributed by atoms with Crippen LogP contribution in [0, 0.1) is 11.3 Å². The number of amides is 1. The molecule has 0 aliphatic heterocycles. The van der Waals surface area contributed by atoms with Crippen LogP contribution in [-0.4, -0.2) is 6.09 Å². The zero-order chi connectivity index (χ0) is 16.5. The molecule has 0 fully saturated rings. The maximum Gasteiger partial charge on any atom is 0.411 e. The minimum absolute atomic E-state index is 0.198. The lowest BCUT2D eigenvalue weighted by Crippen LogP contribution is -2.14. The van der Waals surface area contributed by atoms with E-state index in [0.717, 1.165) is 30.4 Å². The molecule has 23 heavy (non-hydrogen) atoms. The average molecular weight is 308 g/mol. The molecule has 2 aromatic rings. The molecule has 0 radical (unpaired) electrons. The summed E-state index contributed by atoms with van der Waals surface area (Å²) < 4.78 is 5.17. The second-order valence-corrected chi connectivity index (χ2v) is 5.28. The van der Waals surface area contributed by atoms with Crippen LogP contribution in [0.4, 0.5) is 10.5 Å². The molecule has 0 atom stereocenters. The molecule has 0 aliphatic carbocycles. The number of unbranched alkanes of at least 4 members (excludes halogenated alkanes) is 1. The van der Waals surface area contributed by atoms with Gasteiger partial charge in [-0.05, 0) is 36.1 Å². The molecule has 0 spiro atoms. The van der Waals surface area contributed by atoms with E-state index in [4.69, 9.17) is 4.74 Å². The third-order valence-electron chi connectivity index (χ3n) is 3.47. The highest BCUT2D eigenvalue weighted by Crippen LogP contribution is 2.18. The van der Waals surface area contributed by atoms with E-state index in [1.807, 2.05) is 42.5 Å². The zero-order valence-electron chi connectivity index (χ0n) is 13.2. The standard InChI is InChI=1S/C19H20N2O2/c1-2-3-7-15-10-11-18(17(12-15)13-20)21-19(22)23-14-16-8-5-4-6-9-16/h4-6,8-12H,2-3,7,14H2,1H3,(H,21,22). The molecule has 0 saturated carbocycles. The highest BCUT2D eigenvalue weighted by atomic mass is 16.5. The first kappa shape index (κ1) is 16.6. The molecule has 0 unspecified atom stereocenters. The first-order chi connectivity index (χ1) is 11.2. The number of anilines is 1. The van der Waals surface area contributed by atoms with Gasteiger partial charge in [0.2, 0.25) is 0 Å². The summed E-state index contributed by atoms with van der Waals surface area (Å²) in [5.41, 5.74) is 2.95. The van der Waals surface area contributed by atoms with Crippen molar-refractivity contribution in [2.45, 2.75) is 32.8 Å².